The molecule has 0 bridgehead atoms. The average molecular weight is 253 g/mol. The summed E-state index contributed by atoms with van der Waals surface area (Å²) in [5, 5.41) is 17.4. The zero-order valence-corrected chi connectivity index (χ0v) is 9.72. The second-order valence-corrected chi connectivity index (χ2v) is 3.72. The summed E-state index contributed by atoms with van der Waals surface area (Å²) in [5.41, 5.74) is 6.54. The number of hydrogen-bond donors (Lipinski definition) is 1. The number of benzene rings is 2. The van der Waals surface area contributed by atoms with Gasteiger partial charge >= 0.3 is 0 Å². The van der Waals surface area contributed by atoms with Crippen molar-refractivity contribution in [1.29, 1.82) is 10.5 Å². The van der Waals surface area contributed by atoms with Crippen molar-refractivity contribution in [2.75, 3.05) is 5.73 Å². The molecule has 0 aliphatic rings. The van der Waals surface area contributed by atoms with E-state index in [2.05, 4.69) is 0 Å². The first-order chi connectivity index (χ1) is 9.13. The quantitative estimate of drug-likeness (QED) is 0.834. The summed E-state index contributed by atoms with van der Waals surface area (Å²) in [6, 6.07) is 12.1. The highest BCUT2D eigenvalue weighted by molar-refractivity contribution is 5.57. The number of anilines is 1. The second-order valence-electron chi connectivity index (χ2n) is 3.72. The minimum Gasteiger partial charge on any atom is -0.452 e. The van der Waals surface area contributed by atoms with Gasteiger partial charge in [0.25, 0.3) is 0 Å². The molecule has 0 amide bonds. The molecule has 0 aromatic heterocycles. The molecule has 4 nitrogen and oxygen atoms in total. The fourth-order valence-electron chi connectivity index (χ4n) is 1.46. The summed E-state index contributed by atoms with van der Waals surface area (Å²) >= 11 is 0. The zero-order valence-electron chi connectivity index (χ0n) is 9.72. The fourth-order valence-corrected chi connectivity index (χ4v) is 1.46. The van der Waals surface area contributed by atoms with Gasteiger partial charge in [-0.1, -0.05) is 0 Å². The van der Waals surface area contributed by atoms with Crippen LogP contribution in [-0.2, 0) is 0 Å². The summed E-state index contributed by atoms with van der Waals surface area (Å²) in [7, 11) is 0. The van der Waals surface area contributed by atoms with E-state index in [1.165, 1.54) is 30.3 Å². The van der Waals surface area contributed by atoms with E-state index >= 15 is 0 Å². The van der Waals surface area contributed by atoms with Crippen molar-refractivity contribution in [3.63, 3.8) is 0 Å². The molecule has 2 N–H and O–H groups in total. The van der Waals surface area contributed by atoms with Crippen LogP contribution in [0.25, 0.3) is 0 Å². The molecular weight excluding hydrogens is 245 g/mol. The molecule has 19 heavy (non-hydrogen) atoms. The predicted octanol–water partition coefficient (Wildman–Crippen LogP) is 2.94. The Labute approximate surface area is 109 Å². The topological polar surface area (TPSA) is 82.8 Å². The van der Waals surface area contributed by atoms with Crippen LogP contribution in [0.2, 0.25) is 0 Å². The number of ether oxygens (including phenoxy) is 1. The highest BCUT2D eigenvalue weighted by Crippen LogP contribution is 2.30. The first-order valence-corrected chi connectivity index (χ1v) is 5.31. The van der Waals surface area contributed by atoms with Gasteiger partial charge in [-0.05, 0) is 30.3 Å². The molecule has 0 aliphatic carbocycles. The van der Waals surface area contributed by atoms with Gasteiger partial charge in [0.1, 0.15) is 0 Å². The van der Waals surface area contributed by atoms with E-state index in [4.69, 9.17) is 21.0 Å². The Morgan fingerprint density at radius 1 is 0.947 bits per heavy atom. The smallest absolute Gasteiger partial charge is 0.167 e. The minimum atomic E-state index is -0.666. The van der Waals surface area contributed by atoms with E-state index in [-0.39, 0.29) is 17.1 Å². The van der Waals surface area contributed by atoms with Crippen LogP contribution in [0.5, 0.6) is 11.5 Å². The minimum absolute atomic E-state index is 0.0548. The molecule has 92 valence electrons. The van der Waals surface area contributed by atoms with Gasteiger partial charge in [-0.15, -0.1) is 0 Å². The van der Waals surface area contributed by atoms with Gasteiger partial charge in [-0.3, -0.25) is 0 Å². The van der Waals surface area contributed by atoms with E-state index in [9.17, 15) is 4.39 Å². The number of nitrogen functional groups attached to an aromatic ring is 1. The molecule has 0 radical (unpaired) electrons. The SMILES string of the molecule is N#Cc1ccc(Oc2cc(C#N)ccc2N)c(F)c1. The summed E-state index contributed by atoms with van der Waals surface area (Å²) in [6.45, 7) is 0. The van der Waals surface area contributed by atoms with Crippen LogP contribution in [0.15, 0.2) is 36.4 Å². The molecule has 0 spiro atoms. The first-order valence-electron chi connectivity index (χ1n) is 5.31. The monoisotopic (exact) mass is 253 g/mol. The van der Waals surface area contributed by atoms with E-state index in [1.54, 1.807) is 0 Å². The van der Waals surface area contributed by atoms with Crippen molar-refractivity contribution in [3.8, 4) is 23.6 Å². The van der Waals surface area contributed by atoms with E-state index in [1.807, 2.05) is 12.1 Å². The van der Waals surface area contributed by atoms with Crippen LogP contribution < -0.4 is 10.5 Å². The molecule has 0 saturated heterocycles. The number of hydrogen-bond acceptors (Lipinski definition) is 4. The number of nitrogens with zero attached hydrogens (tertiary/aromatic N) is 2. The lowest BCUT2D eigenvalue weighted by Gasteiger charge is -2.09. The largest absolute Gasteiger partial charge is 0.452 e. The van der Waals surface area contributed by atoms with Gasteiger partial charge in [0.15, 0.2) is 17.3 Å². The number of nitrogens with two attached hydrogens (primary N) is 1. The molecule has 2 aromatic carbocycles. The Morgan fingerprint density at radius 2 is 1.58 bits per heavy atom. The summed E-state index contributed by atoms with van der Waals surface area (Å²) in [5.74, 6) is -0.524. The average Bonchev–Trinajstić information content (AvgIpc) is 2.43. The van der Waals surface area contributed by atoms with Crippen LogP contribution >= 0.6 is 0 Å². The lowest BCUT2D eigenvalue weighted by atomic mass is 10.2. The zero-order chi connectivity index (χ0) is 13.8. The van der Waals surface area contributed by atoms with Crippen molar-refractivity contribution in [1.82, 2.24) is 0 Å². The molecule has 0 fully saturated rings. The van der Waals surface area contributed by atoms with Crippen LogP contribution in [-0.4, -0.2) is 0 Å². The molecule has 0 aliphatic heterocycles. The normalized spacial score (nSPS) is 9.42. The Morgan fingerprint density at radius 3 is 2.21 bits per heavy atom. The summed E-state index contributed by atoms with van der Waals surface area (Å²) in [6.07, 6.45) is 0. The van der Waals surface area contributed by atoms with Gasteiger partial charge in [0.2, 0.25) is 0 Å². The predicted molar refractivity (Wildman–Crippen MR) is 66.8 cm³/mol. The van der Waals surface area contributed by atoms with Crippen molar-refractivity contribution in [3.05, 3.63) is 53.3 Å². The Kier molecular flexibility index (Phi) is 3.31. The highest BCUT2D eigenvalue weighted by Gasteiger charge is 2.09. The van der Waals surface area contributed by atoms with Gasteiger partial charge in [-0.25, -0.2) is 4.39 Å². The third-order valence-corrected chi connectivity index (χ3v) is 2.42. The third-order valence-electron chi connectivity index (χ3n) is 2.42. The molecule has 0 atom stereocenters. The Balaban J connectivity index is 2.37. The number of rotatable bonds is 2. The van der Waals surface area contributed by atoms with Gasteiger partial charge in [-0.2, -0.15) is 10.5 Å². The van der Waals surface area contributed by atoms with Crippen molar-refractivity contribution >= 4 is 5.69 Å². The van der Waals surface area contributed by atoms with Crippen LogP contribution in [0, 0.1) is 28.5 Å². The fraction of sp³-hybridized carbons (Fsp3) is 0. The molecule has 0 heterocycles. The van der Waals surface area contributed by atoms with E-state index in [0.717, 1.165) is 6.07 Å². The van der Waals surface area contributed by atoms with Crippen LogP contribution in [0.4, 0.5) is 10.1 Å². The molecular formula is C14H8FN3O. The standard InChI is InChI=1S/C14H8FN3O/c15-11-5-9(7-16)2-4-13(11)19-14-6-10(8-17)1-3-12(14)18/h1-6H,18H2. The Hall–Kier alpha value is -3.05. The molecule has 0 saturated carbocycles. The molecule has 0 unspecified atom stereocenters. The Bertz CT molecular complexity index is 714. The number of halogens is 1. The maximum Gasteiger partial charge on any atom is 0.167 e. The lowest BCUT2D eigenvalue weighted by molar-refractivity contribution is 0.444. The highest BCUT2D eigenvalue weighted by atomic mass is 19.1. The van der Waals surface area contributed by atoms with Gasteiger partial charge in [0, 0.05) is 6.07 Å². The van der Waals surface area contributed by atoms with E-state index < -0.39 is 5.82 Å². The van der Waals surface area contributed by atoms with Gasteiger partial charge in [0.05, 0.1) is 29.0 Å². The van der Waals surface area contributed by atoms with Crippen molar-refractivity contribution in [2.45, 2.75) is 0 Å². The second kappa shape index (κ2) is 5.07. The van der Waals surface area contributed by atoms with Crippen molar-refractivity contribution < 1.29 is 9.13 Å². The van der Waals surface area contributed by atoms with Crippen LogP contribution in [0.1, 0.15) is 11.1 Å². The van der Waals surface area contributed by atoms with E-state index in [0.29, 0.717) is 11.3 Å². The molecule has 2 aromatic rings. The first kappa shape index (κ1) is 12.4. The lowest BCUT2D eigenvalue weighted by Crippen LogP contribution is -1.95. The van der Waals surface area contributed by atoms with Crippen LogP contribution in [0.3, 0.4) is 0 Å². The maximum absolute atomic E-state index is 13.7. The molecule has 2 rings (SSSR count). The van der Waals surface area contributed by atoms with Crippen molar-refractivity contribution in [2.24, 2.45) is 0 Å². The maximum atomic E-state index is 13.7. The molecule has 5 heteroatoms. The summed E-state index contributed by atoms with van der Waals surface area (Å²) < 4.78 is 19.0. The van der Waals surface area contributed by atoms with Gasteiger partial charge < -0.3 is 10.5 Å². The third kappa shape index (κ3) is 2.62. The number of nitriles is 2. The summed E-state index contributed by atoms with van der Waals surface area (Å²) in [4.78, 5) is 0.